The molecule has 4 heterocycles. The average Bonchev–Trinajstić information content (AvgIpc) is 3.23. The van der Waals surface area contributed by atoms with Gasteiger partial charge in [-0.25, -0.2) is 15.0 Å². The molecule has 7 nitrogen and oxygen atoms in total. The molecule has 132 valence electrons. The number of pyridine rings is 1. The second kappa shape index (κ2) is 6.73. The largest absolute Gasteiger partial charge is 0.473 e. The second-order valence-corrected chi connectivity index (χ2v) is 6.68. The summed E-state index contributed by atoms with van der Waals surface area (Å²) in [6.07, 6.45) is 4.51. The third-order valence-electron chi connectivity index (χ3n) is 4.63. The molecule has 7 heteroatoms. The summed E-state index contributed by atoms with van der Waals surface area (Å²) in [5, 5.41) is 8.83. The third kappa shape index (κ3) is 3.24. The maximum absolute atomic E-state index is 8.83. The van der Waals surface area contributed by atoms with Crippen LogP contribution >= 0.6 is 0 Å². The molecule has 1 aliphatic rings. The third-order valence-corrected chi connectivity index (χ3v) is 4.63. The van der Waals surface area contributed by atoms with Gasteiger partial charge in [0.15, 0.2) is 0 Å². The molecule has 0 radical (unpaired) electrons. The number of imidazole rings is 1. The Morgan fingerprint density at radius 1 is 1.27 bits per heavy atom. The van der Waals surface area contributed by atoms with Crippen LogP contribution < -0.4 is 4.74 Å². The number of aromatic nitrogens is 4. The van der Waals surface area contributed by atoms with Gasteiger partial charge in [0.2, 0.25) is 11.7 Å². The fourth-order valence-corrected chi connectivity index (χ4v) is 3.46. The Bertz CT molecular complexity index is 972. The Morgan fingerprint density at radius 2 is 2.15 bits per heavy atom. The van der Waals surface area contributed by atoms with Crippen LogP contribution in [-0.4, -0.2) is 43.4 Å². The van der Waals surface area contributed by atoms with E-state index in [1.165, 1.54) is 6.20 Å². The van der Waals surface area contributed by atoms with Crippen molar-refractivity contribution in [3.8, 4) is 11.9 Å². The molecular weight excluding hydrogens is 328 g/mol. The summed E-state index contributed by atoms with van der Waals surface area (Å²) in [6, 6.07) is 7.62. The van der Waals surface area contributed by atoms with Gasteiger partial charge in [-0.2, -0.15) is 5.26 Å². The number of likely N-dealkylation sites (tertiary alicyclic amines) is 1. The predicted molar refractivity (Wildman–Crippen MR) is 95.7 cm³/mol. The van der Waals surface area contributed by atoms with Crippen LogP contribution in [0.3, 0.4) is 0 Å². The van der Waals surface area contributed by atoms with Gasteiger partial charge >= 0.3 is 0 Å². The Kier molecular flexibility index (Phi) is 4.27. The molecule has 1 unspecified atom stereocenters. The maximum Gasteiger partial charge on any atom is 0.234 e. The molecule has 1 fully saturated rings. The quantitative estimate of drug-likeness (QED) is 0.720. The van der Waals surface area contributed by atoms with Crippen LogP contribution in [0.2, 0.25) is 0 Å². The van der Waals surface area contributed by atoms with Crippen molar-refractivity contribution in [2.24, 2.45) is 0 Å². The molecule has 1 aliphatic heterocycles. The van der Waals surface area contributed by atoms with Gasteiger partial charge in [-0.1, -0.05) is 0 Å². The lowest BCUT2D eigenvalue weighted by molar-refractivity contribution is 0.190. The van der Waals surface area contributed by atoms with Gasteiger partial charge in [-0.3, -0.25) is 9.30 Å². The average molecular weight is 348 g/mol. The van der Waals surface area contributed by atoms with Gasteiger partial charge in [-0.15, -0.1) is 0 Å². The fourth-order valence-electron chi connectivity index (χ4n) is 3.46. The molecule has 0 N–H and O–H groups in total. The minimum Gasteiger partial charge on any atom is -0.473 e. The minimum atomic E-state index is 0.107. The van der Waals surface area contributed by atoms with E-state index < -0.39 is 0 Å². The summed E-state index contributed by atoms with van der Waals surface area (Å²) in [5.74, 6) is 1.33. The lowest BCUT2D eigenvalue weighted by Gasteiger charge is -2.16. The molecule has 0 spiro atoms. The van der Waals surface area contributed by atoms with Crippen LogP contribution in [0.5, 0.6) is 5.88 Å². The van der Waals surface area contributed by atoms with Crippen LogP contribution in [0.1, 0.15) is 29.1 Å². The Labute approximate surface area is 151 Å². The molecule has 26 heavy (non-hydrogen) atoms. The van der Waals surface area contributed by atoms with Crippen molar-refractivity contribution in [3.63, 3.8) is 0 Å². The molecule has 3 aromatic heterocycles. The van der Waals surface area contributed by atoms with Crippen LogP contribution in [-0.2, 0) is 6.54 Å². The first-order valence-electron chi connectivity index (χ1n) is 8.68. The van der Waals surface area contributed by atoms with Crippen molar-refractivity contribution in [1.29, 1.82) is 5.26 Å². The van der Waals surface area contributed by atoms with Crippen molar-refractivity contribution < 1.29 is 4.74 Å². The second-order valence-electron chi connectivity index (χ2n) is 6.68. The summed E-state index contributed by atoms with van der Waals surface area (Å²) in [5.41, 5.74) is 3.81. The molecule has 0 saturated carbocycles. The van der Waals surface area contributed by atoms with Gasteiger partial charge in [-0.05, 0) is 32.4 Å². The van der Waals surface area contributed by atoms with Crippen molar-refractivity contribution in [3.05, 3.63) is 53.2 Å². The summed E-state index contributed by atoms with van der Waals surface area (Å²) in [7, 11) is 0. The van der Waals surface area contributed by atoms with Gasteiger partial charge in [0.05, 0.1) is 17.5 Å². The summed E-state index contributed by atoms with van der Waals surface area (Å²) in [4.78, 5) is 15.5. The number of aryl methyl sites for hydroxylation is 2. The topological polar surface area (TPSA) is 79.3 Å². The first kappa shape index (κ1) is 16.5. The number of rotatable bonds is 4. The first-order chi connectivity index (χ1) is 12.6. The summed E-state index contributed by atoms with van der Waals surface area (Å²) < 4.78 is 8.07. The highest BCUT2D eigenvalue weighted by Gasteiger charge is 2.25. The normalized spacial score (nSPS) is 17.5. The first-order valence-corrected chi connectivity index (χ1v) is 8.68. The summed E-state index contributed by atoms with van der Waals surface area (Å²) in [6.45, 7) is 6.69. The molecule has 0 aliphatic carbocycles. The van der Waals surface area contributed by atoms with E-state index in [-0.39, 0.29) is 6.10 Å². The maximum atomic E-state index is 8.83. The van der Waals surface area contributed by atoms with E-state index in [9.17, 15) is 0 Å². The van der Waals surface area contributed by atoms with Crippen LogP contribution in [0.4, 0.5) is 0 Å². The highest BCUT2D eigenvalue weighted by molar-refractivity contribution is 5.35. The molecule has 1 saturated heterocycles. The number of ether oxygens (including phenoxy) is 1. The van der Waals surface area contributed by atoms with Gasteiger partial charge in [0.25, 0.3) is 0 Å². The van der Waals surface area contributed by atoms with Crippen molar-refractivity contribution in [2.75, 3.05) is 13.1 Å². The molecule has 0 bridgehead atoms. The number of nitrogens with zero attached hydrogens (tertiary/aromatic N) is 6. The molecule has 0 amide bonds. The Morgan fingerprint density at radius 3 is 2.92 bits per heavy atom. The molecule has 0 aromatic carbocycles. The molecule has 4 rings (SSSR count). The van der Waals surface area contributed by atoms with E-state index in [2.05, 4.69) is 43.3 Å². The van der Waals surface area contributed by atoms with E-state index in [0.717, 1.165) is 48.9 Å². The van der Waals surface area contributed by atoms with E-state index in [1.807, 2.05) is 13.1 Å². The number of nitriles is 1. The van der Waals surface area contributed by atoms with E-state index in [1.54, 1.807) is 12.1 Å². The van der Waals surface area contributed by atoms with Crippen LogP contribution in [0.25, 0.3) is 5.78 Å². The van der Waals surface area contributed by atoms with Crippen LogP contribution in [0, 0.1) is 25.2 Å². The lowest BCUT2D eigenvalue weighted by atomic mass is 10.3. The van der Waals surface area contributed by atoms with Crippen molar-refractivity contribution in [2.45, 2.75) is 32.9 Å². The fraction of sp³-hybridized carbons (Fsp3) is 0.368. The predicted octanol–water partition coefficient (Wildman–Crippen LogP) is 2.27. The van der Waals surface area contributed by atoms with Crippen molar-refractivity contribution in [1.82, 2.24) is 24.3 Å². The Hall–Kier alpha value is -2.98. The number of fused-ring (bicyclic) bond motifs is 1. The smallest absolute Gasteiger partial charge is 0.234 e. The molecule has 3 aromatic rings. The van der Waals surface area contributed by atoms with E-state index in [4.69, 9.17) is 10.00 Å². The van der Waals surface area contributed by atoms with E-state index in [0.29, 0.717) is 11.4 Å². The molecule has 1 atom stereocenters. The van der Waals surface area contributed by atoms with E-state index >= 15 is 0 Å². The zero-order chi connectivity index (χ0) is 18.1. The monoisotopic (exact) mass is 348 g/mol. The highest BCUT2D eigenvalue weighted by Crippen LogP contribution is 2.20. The van der Waals surface area contributed by atoms with Crippen molar-refractivity contribution >= 4 is 5.78 Å². The molecular formula is C19H20N6O. The van der Waals surface area contributed by atoms with Gasteiger partial charge < -0.3 is 4.74 Å². The standard InChI is InChI=1S/C19H20N6O/c1-13-7-14(2)25-16(10-22-19(25)23-13)11-24-6-5-17(12-24)26-18-4-3-15(8-20)9-21-18/h3-4,7,9-10,17H,5-6,11-12H2,1-2H3. The zero-order valence-electron chi connectivity index (χ0n) is 14.9. The van der Waals surface area contributed by atoms with Gasteiger partial charge in [0, 0.05) is 43.3 Å². The minimum absolute atomic E-state index is 0.107. The SMILES string of the molecule is Cc1cc(C)n2c(CN3CCC(Oc4ccc(C#N)cn4)C3)cnc2n1. The number of hydrogen-bond donors (Lipinski definition) is 0. The van der Waals surface area contributed by atoms with Gasteiger partial charge in [0.1, 0.15) is 12.2 Å². The summed E-state index contributed by atoms with van der Waals surface area (Å²) >= 11 is 0. The highest BCUT2D eigenvalue weighted by atomic mass is 16.5. The lowest BCUT2D eigenvalue weighted by Crippen LogP contribution is -2.25. The van der Waals surface area contributed by atoms with Crippen LogP contribution in [0.15, 0.2) is 30.6 Å². The number of hydrogen-bond acceptors (Lipinski definition) is 6. The Balaban J connectivity index is 1.42. The zero-order valence-corrected chi connectivity index (χ0v) is 14.9.